The highest BCUT2D eigenvalue weighted by molar-refractivity contribution is 5.75. The monoisotopic (exact) mass is 289 g/mol. The number of nitrogens with one attached hydrogen (secondary N) is 1. The van der Waals surface area contributed by atoms with Crippen molar-refractivity contribution in [3.8, 4) is 5.75 Å². The van der Waals surface area contributed by atoms with Gasteiger partial charge in [0, 0.05) is 13.1 Å². The maximum Gasteiger partial charge on any atom is 0.242 e. The standard InChI is InChI=1S/C14H19N5O2/c1-2-21-13-5-3-4-11(6-13)8-16-14(20)10-19-9-12(7-15)17-18-19/h3-6,9H,2,7-8,10,15H2,1H3,(H,16,20). The third-order valence-electron chi connectivity index (χ3n) is 2.80. The number of carbonyl (C=O) groups is 1. The minimum absolute atomic E-state index is 0.123. The van der Waals surface area contributed by atoms with Crippen molar-refractivity contribution in [1.29, 1.82) is 0 Å². The minimum atomic E-state index is -0.134. The molecule has 0 fully saturated rings. The summed E-state index contributed by atoms with van der Waals surface area (Å²) < 4.78 is 6.88. The quantitative estimate of drug-likeness (QED) is 0.771. The van der Waals surface area contributed by atoms with Crippen LogP contribution >= 0.6 is 0 Å². The number of ether oxygens (including phenoxy) is 1. The molecular weight excluding hydrogens is 270 g/mol. The fourth-order valence-electron chi connectivity index (χ4n) is 1.82. The molecule has 7 nitrogen and oxygen atoms in total. The molecule has 1 aromatic heterocycles. The number of nitrogens with two attached hydrogens (primary N) is 1. The fourth-order valence-corrected chi connectivity index (χ4v) is 1.82. The van der Waals surface area contributed by atoms with E-state index in [0.29, 0.717) is 25.4 Å². The van der Waals surface area contributed by atoms with Crippen LogP contribution in [0.1, 0.15) is 18.2 Å². The lowest BCUT2D eigenvalue weighted by molar-refractivity contribution is -0.122. The molecule has 0 aliphatic rings. The highest BCUT2D eigenvalue weighted by Crippen LogP contribution is 2.12. The SMILES string of the molecule is CCOc1cccc(CNC(=O)Cn2cc(CN)nn2)c1. The Morgan fingerprint density at radius 2 is 2.33 bits per heavy atom. The van der Waals surface area contributed by atoms with Crippen LogP contribution in [-0.2, 0) is 24.4 Å². The normalized spacial score (nSPS) is 10.4. The smallest absolute Gasteiger partial charge is 0.242 e. The van der Waals surface area contributed by atoms with Gasteiger partial charge in [-0.3, -0.25) is 4.79 Å². The van der Waals surface area contributed by atoms with E-state index in [1.807, 2.05) is 31.2 Å². The van der Waals surface area contributed by atoms with E-state index in [4.69, 9.17) is 10.5 Å². The average molecular weight is 289 g/mol. The molecule has 2 rings (SSSR count). The number of aromatic nitrogens is 3. The molecule has 0 atom stereocenters. The molecule has 0 saturated heterocycles. The first-order chi connectivity index (χ1) is 10.2. The van der Waals surface area contributed by atoms with Crippen LogP contribution in [-0.4, -0.2) is 27.5 Å². The Hall–Kier alpha value is -2.41. The molecule has 0 radical (unpaired) electrons. The van der Waals surface area contributed by atoms with Gasteiger partial charge in [0.2, 0.25) is 5.91 Å². The number of benzene rings is 1. The molecule has 0 aliphatic carbocycles. The van der Waals surface area contributed by atoms with Gasteiger partial charge in [0.15, 0.2) is 0 Å². The summed E-state index contributed by atoms with van der Waals surface area (Å²) in [4.78, 5) is 11.8. The second-order valence-corrected chi connectivity index (χ2v) is 4.47. The van der Waals surface area contributed by atoms with E-state index >= 15 is 0 Å². The van der Waals surface area contributed by atoms with Crippen molar-refractivity contribution in [3.63, 3.8) is 0 Å². The van der Waals surface area contributed by atoms with Crippen molar-refractivity contribution in [2.24, 2.45) is 5.73 Å². The Morgan fingerprint density at radius 1 is 1.48 bits per heavy atom. The molecule has 0 bridgehead atoms. The maximum absolute atomic E-state index is 11.8. The zero-order chi connectivity index (χ0) is 15.1. The molecule has 1 aromatic carbocycles. The van der Waals surface area contributed by atoms with Crippen molar-refractivity contribution < 1.29 is 9.53 Å². The summed E-state index contributed by atoms with van der Waals surface area (Å²) in [5, 5.41) is 10.5. The van der Waals surface area contributed by atoms with E-state index in [1.54, 1.807) is 6.20 Å². The summed E-state index contributed by atoms with van der Waals surface area (Å²) in [7, 11) is 0. The highest BCUT2D eigenvalue weighted by Gasteiger charge is 2.05. The van der Waals surface area contributed by atoms with Gasteiger partial charge in [0.25, 0.3) is 0 Å². The summed E-state index contributed by atoms with van der Waals surface area (Å²) in [6.07, 6.45) is 1.66. The topological polar surface area (TPSA) is 95.1 Å². The van der Waals surface area contributed by atoms with Gasteiger partial charge in [-0.2, -0.15) is 0 Å². The minimum Gasteiger partial charge on any atom is -0.494 e. The zero-order valence-corrected chi connectivity index (χ0v) is 12.0. The first kappa shape index (κ1) is 15.0. The van der Waals surface area contributed by atoms with Crippen LogP contribution in [0.4, 0.5) is 0 Å². The van der Waals surface area contributed by atoms with Crippen LogP contribution in [0.15, 0.2) is 30.5 Å². The molecule has 21 heavy (non-hydrogen) atoms. The molecule has 112 valence electrons. The van der Waals surface area contributed by atoms with Gasteiger partial charge in [0.1, 0.15) is 12.3 Å². The van der Waals surface area contributed by atoms with Gasteiger partial charge >= 0.3 is 0 Å². The van der Waals surface area contributed by atoms with Crippen LogP contribution in [0.25, 0.3) is 0 Å². The van der Waals surface area contributed by atoms with Gasteiger partial charge in [-0.05, 0) is 24.6 Å². The lowest BCUT2D eigenvalue weighted by atomic mass is 10.2. The molecule has 0 unspecified atom stereocenters. The van der Waals surface area contributed by atoms with Crippen molar-refractivity contribution >= 4 is 5.91 Å². The molecular formula is C14H19N5O2. The summed E-state index contributed by atoms with van der Waals surface area (Å²) >= 11 is 0. The number of rotatable bonds is 7. The molecule has 0 saturated carbocycles. The maximum atomic E-state index is 11.8. The third kappa shape index (κ3) is 4.57. The van der Waals surface area contributed by atoms with Crippen LogP contribution < -0.4 is 15.8 Å². The van der Waals surface area contributed by atoms with Gasteiger partial charge in [-0.25, -0.2) is 4.68 Å². The summed E-state index contributed by atoms with van der Waals surface area (Å²) in [6, 6.07) is 7.63. The summed E-state index contributed by atoms with van der Waals surface area (Å²) in [5.74, 6) is 0.665. The second-order valence-electron chi connectivity index (χ2n) is 4.47. The molecule has 0 spiro atoms. The van der Waals surface area contributed by atoms with Crippen LogP contribution in [0.2, 0.25) is 0 Å². The predicted octanol–water partition coefficient (Wildman–Crippen LogP) is 0.452. The molecule has 7 heteroatoms. The number of hydrogen-bond donors (Lipinski definition) is 2. The second kappa shape index (κ2) is 7.39. The molecule has 1 amide bonds. The van der Waals surface area contributed by atoms with Crippen LogP contribution in [0, 0.1) is 0 Å². The molecule has 3 N–H and O–H groups in total. The van der Waals surface area contributed by atoms with Gasteiger partial charge in [-0.1, -0.05) is 17.3 Å². The Labute approximate surface area is 123 Å². The highest BCUT2D eigenvalue weighted by atomic mass is 16.5. The van der Waals surface area contributed by atoms with Crippen LogP contribution in [0.5, 0.6) is 5.75 Å². The van der Waals surface area contributed by atoms with Crippen molar-refractivity contribution in [2.45, 2.75) is 26.6 Å². The lowest BCUT2D eigenvalue weighted by Crippen LogP contribution is -2.27. The van der Waals surface area contributed by atoms with E-state index < -0.39 is 0 Å². The van der Waals surface area contributed by atoms with E-state index in [2.05, 4.69) is 15.6 Å². The number of carbonyl (C=O) groups excluding carboxylic acids is 1. The Morgan fingerprint density at radius 3 is 3.05 bits per heavy atom. The van der Waals surface area contributed by atoms with Crippen molar-refractivity contribution in [1.82, 2.24) is 20.3 Å². The Kier molecular flexibility index (Phi) is 5.28. The van der Waals surface area contributed by atoms with E-state index in [1.165, 1.54) is 4.68 Å². The van der Waals surface area contributed by atoms with Gasteiger partial charge < -0.3 is 15.8 Å². The lowest BCUT2D eigenvalue weighted by Gasteiger charge is -2.07. The third-order valence-corrected chi connectivity index (χ3v) is 2.80. The molecule has 2 aromatic rings. The predicted molar refractivity (Wildman–Crippen MR) is 77.4 cm³/mol. The largest absolute Gasteiger partial charge is 0.494 e. The average Bonchev–Trinajstić information content (AvgIpc) is 2.93. The first-order valence-corrected chi connectivity index (χ1v) is 6.78. The molecule has 1 heterocycles. The number of nitrogens with zero attached hydrogens (tertiary/aromatic N) is 3. The van der Waals surface area contributed by atoms with E-state index in [9.17, 15) is 4.79 Å². The van der Waals surface area contributed by atoms with Gasteiger partial charge in [0.05, 0.1) is 18.5 Å². The summed E-state index contributed by atoms with van der Waals surface area (Å²) in [6.45, 7) is 3.43. The summed E-state index contributed by atoms with van der Waals surface area (Å²) in [5.41, 5.74) is 7.08. The van der Waals surface area contributed by atoms with Crippen molar-refractivity contribution in [3.05, 3.63) is 41.7 Å². The van der Waals surface area contributed by atoms with Crippen molar-refractivity contribution in [2.75, 3.05) is 6.61 Å². The van der Waals surface area contributed by atoms with Crippen LogP contribution in [0.3, 0.4) is 0 Å². The van der Waals surface area contributed by atoms with E-state index in [0.717, 1.165) is 11.3 Å². The van der Waals surface area contributed by atoms with Gasteiger partial charge in [-0.15, -0.1) is 5.10 Å². The Balaban J connectivity index is 1.84. The first-order valence-electron chi connectivity index (χ1n) is 6.78. The van der Waals surface area contributed by atoms with E-state index in [-0.39, 0.29) is 12.5 Å². The number of amides is 1. The Bertz CT molecular complexity index is 597. The molecule has 0 aliphatic heterocycles. The number of hydrogen-bond acceptors (Lipinski definition) is 5. The fraction of sp³-hybridized carbons (Fsp3) is 0.357. The zero-order valence-electron chi connectivity index (χ0n) is 12.0.